The van der Waals surface area contributed by atoms with E-state index < -0.39 is 0 Å². The first-order valence-corrected chi connectivity index (χ1v) is 8.74. The van der Waals surface area contributed by atoms with E-state index in [1.807, 2.05) is 0 Å². The van der Waals surface area contributed by atoms with E-state index in [0.29, 0.717) is 0 Å². The van der Waals surface area contributed by atoms with E-state index in [1.165, 1.54) is 17.3 Å². The van der Waals surface area contributed by atoms with Gasteiger partial charge in [0.2, 0.25) is 0 Å². The van der Waals surface area contributed by atoms with Crippen LogP contribution in [0, 0.1) is 5.92 Å². The van der Waals surface area contributed by atoms with Crippen molar-refractivity contribution in [1.82, 2.24) is 0 Å². The van der Waals surface area contributed by atoms with Gasteiger partial charge in [0.1, 0.15) is 0 Å². The van der Waals surface area contributed by atoms with Crippen molar-refractivity contribution in [3.8, 4) is 0 Å². The molecular formula is C6H13ClSn. The van der Waals surface area contributed by atoms with Crippen molar-refractivity contribution < 1.29 is 0 Å². The third kappa shape index (κ3) is 7.09. The van der Waals surface area contributed by atoms with Gasteiger partial charge in [0, 0.05) is 0 Å². The molecule has 0 fully saturated rings. The molecule has 0 saturated carbocycles. The zero-order valence-electron chi connectivity index (χ0n) is 5.58. The Morgan fingerprint density at radius 3 is 2.50 bits per heavy atom. The fourth-order valence-electron chi connectivity index (χ4n) is 0.577. The standard InChI is InChI=1S/C6H13.ClH.Sn/c1-4-5-6(2)3;;/h6H,1,4-5H2,2-3H3;1H;/q;;+1/p-1. The maximum atomic E-state index is 5.65. The maximum absolute atomic E-state index is 5.65. The molecule has 0 atom stereocenters. The summed E-state index contributed by atoms with van der Waals surface area (Å²) in [5, 5.41) is 0. The molecule has 0 aromatic carbocycles. The molecule has 0 aliphatic heterocycles. The van der Waals surface area contributed by atoms with Gasteiger partial charge in [0.15, 0.2) is 0 Å². The van der Waals surface area contributed by atoms with Gasteiger partial charge in [-0.3, -0.25) is 0 Å². The molecule has 0 amide bonds. The van der Waals surface area contributed by atoms with Crippen molar-refractivity contribution in [2.75, 3.05) is 0 Å². The van der Waals surface area contributed by atoms with E-state index in [-0.39, 0.29) is 20.0 Å². The molecule has 2 radical (unpaired) electrons. The summed E-state index contributed by atoms with van der Waals surface area (Å²) >= 11 is -0.377. The van der Waals surface area contributed by atoms with Crippen LogP contribution < -0.4 is 0 Å². The molecule has 0 spiro atoms. The predicted octanol–water partition coefficient (Wildman–Crippen LogP) is 2.70. The zero-order chi connectivity index (χ0) is 6.41. The Morgan fingerprint density at radius 1 is 1.50 bits per heavy atom. The Bertz CT molecular complexity index is 45.8. The summed E-state index contributed by atoms with van der Waals surface area (Å²) in [5.41, 5.74) is 0. The molecule has 0 heterocycles. The summed E-state index contributed by atoms with van der Waals surface area (Å²) in [6, 6.07) is 0. The summed E-state index contributed by atoms with van der Waals surface area (Å²) in [5.74, 6) is 0.873. The van der Waals surface area contributed by atoms with E-state index in [0.717, 1.165) is 5.92 Å². The topological polar surface area (TPSA) is 0 Å². The summed E-state index contributed by atoms with van der Waals surface area (Å²) in [4.78, 5) is 0. The molecule has 0 rings (SSSR count). The number of hydrogen-bond acceptors (Lipinski definition) is 0. The van der Waals surface area contributed by atoms with E-state index in [1.54, 1.807) is 0 Å². The molecule has 0 unspecified atom stereocenters. The van der Waals surface area contributed by atoms with Crippen LogP contribution in [0.5, 0.6) is 0 Å². The number of halogens is 1. The molecule has 0 saturated heterocycles. The van der Waals surface area contributed by atoms with E-state index >= 15 is 0 Å². The molecule has 8 heavy (non-hydrogen) atoms. The minimum absolute atomic E-state index is 0.377. The molecular weight excluding hydrogens is 226 g/mol. The van der Waals surface area contributed by atoms with Crippen LogP contribution >= 0.6 is 8.92 Å². The SMILES string of the molecule is CC(C)CC[CH2][Sn][Cl]. The molecule has 0 aromatic rings. The third-order valence-corrected chi connectivity index (χ3v) is 3.87. The monoisotopic (exact) mass is 240 g/mol. The summed E-state index contributed by atoms with van der Waals surface area (Å²) in [7, 11) is 5.65. The van der Waals surface area contributed by atoms with Crippen molar-refractivity contribution in [1.29, 1.82) is 0 Å². The van der Waals surface area contributed by atoms with Crippen molar-refractivity contribution in [3.05, 3.63) is 0 Å². The van der Waals surface area contributed by atoms with Gasteiger partial charge in [-0.15, -0.1) is 0 Å². The van der Waals surface area contributed by atoms with Gasteiger partial charge < -0.3 is 0 Å². The Morgan fingerprint density at radius 2 is 2.12 bits per heavy atom. The fourth-order valence-corrected chi connectivity index (χ4v) is 2.44. The van der Waals surface area contributed by atoms with E-state index in [9.17, 15) is 0 Å². The molecule has 48 valence electrons. The van der Waals surface area contributed by atoms with Crippen molar-refractivity contribution in [3.63, 3.8) is 0 Å². The van der Waals surface area contributed by atoms with Crippen LogP contribution in [-0.2, 0) is 0 Å². The number of hydrogen-bond donors (Lipinski definition) is 0. The zero-order valence-corrected chi connectivity index (χ0v) is 9.19. The Labute approximate surface area is 65.9 Å². The first-order chi connectivity index (χ1) is 3.77. The summed E-state index contributed by atoms with van der Waals surface area (Å²) in [6.07, 6.45) is 2.74. The first-order valence-electron chi connectivity index (χ1n) is 3.11. The van der Waals surface area contributed by atoms with Crippen LogP contribution in [0.15, 0.2) is 0 Å². The van der Waals surface area contributed by atoms with Crippen LogP contribution in [0.1, 0.15) is 26.7 Å². The van der Waals surface area contributed by atoms with Crippen molar-refractivity contribution in [2.45, 2.75) is 31.1 Å². The Kier molecular flexibility index (Phi) is 7.06. The average molecular weight is 239 g/mol. The van der Waals surface area contributed by atoms with Gasteiger partial charge >= 0.3 is 66.0 Å². The minimum atomic E-state index is -0.377. The van der Waals surface area contributed by atoms with Crippen LogP contribution in [0.3, 0.4) is 0 Å². The summed E-state index contributed by atoms with van der Waals surface area (Å²) < 4.78 is 1.35. The van der Waals surface area contributed by atoms with Gasteiger partial charge in [0.05, 0.1) is 0 Å². The quantitative estimate of drug-likeness (QED) is 0.523. The van der Waals surface area contributed by atoms with Gasteiger partial charge in [-0.1, -0.05) is 0 Å². The average Bonchev–Trinajstić information content (AvgIpc) is 1.66. The summed E-state index contributed by atoms with van der Waals surface area (Å²) in [6.45, 7) is 4.53. The molecule has 0 N–H and O–H groups in total. The molecule has 2 heteroatoms. The van der Waals surface area contributed by atoms with Crippen molar-refractivity contribution >= 4 is 28.9 Å². The molecule has 0 aromatic heterocycles. The van der Waals surface area contributed by atoms with Gasteiger partial charge in [0.25, 0.3) is 0 Å². The van der Waals surface area contributed by atoms with Gasteiger partial charge in [-0.05, 0) is 0 Å². The van der Waals surface area contributed by atoms with Gasteiger partial charge in [-0.2, -0.15) is 0 Å². The molecule has 0 aliphatic rings. The predicted molar refractivity (Wildman–Crippen MR) is 40.5 cm³/mol. The second-order valence-corrected chi connectivity index (χ2v) is 6.40. The first kappa shape index (κ1) is 9.09. The molecule has 0 bridgehead atoms. The Balaban J connectivity index is 2.72. The Hall–Kier alpha value is 1.09. The van der Waals surface area contributed by atoms with E-state index in [4.69, 9.17) is 8.92 Å². The van der Waals surface area contributed by atoms with Crippen LogP contribution in [0.4, 0.5) is 0 Å². The number of rotatable bonds is 4. The van der Waals surface area contributed by atoms with E-state index in [2.05, 4.69) is 13.8 Å². The molecule has 0 aliphatic carbocycles. The second kappa shape index (κ2) is 6.21. The molecule has 0 nitrogen and oxygen atoms in total. The van der Waals surface area contributed by atoms with Crippen LogP contribution in [0.2, 0.25) is 4.44 Å². The van der Waals surface area contributed by atoms with Gasteiger partial charge in [-0.25, -0.2) is 0 Å². The second-order valence-electron chi connectivity index (χ2n) is 2.42. The normalized spacial score (nSPS) is 10.5. The van der Waals surface area contributed by atoms with Crippen LogP contribution in [0.25, 0.3) is 0 Å². The van der Waals surface area contributed by atoms with Crippen molar-refractivity contribution in [2.24, 2.45) is 5.92 Å². The fraction of sp³-hybridized carbons (Fsp3) is 1.00. The third-order valence-electron chi connectivity index (χ3n) is 1.05. The van der Waals surface area contributed by atoms with Crippen LogP contribution in [-0.4, -0.2) is 20.0 Å².